The van der Waals surface area contributed by atoms with Gasteiger partial charge < -0.3 is 33.1 Å². The number of hydrogen-bond acceptors (Lipinski definition) is 6. The van der Waals surface area contributed by atoms with Crippen LogP contribution < -0.4 is 4.74 Å². The van der Waals surface area contributed by atoms with E-state index in [0.717, 1.165) is 0 Å². The largest absolute Gasteiger partial charge is 2.00 e. The van der Waals surface area contributed by atoms with Crippen molar-refractivity contribution < 1.29 is 33.1 Å². The molecule has 2 aromatic carbocycles. The fourth-order valence-electron chi connectivity index (χ4n) is 2.47. The smallest absolute Gasteiger partial charge is 1.00 e. The molecule has 0 saturated carbocycles. The van der Waals surface area contributed by atoms with Crippen molar-refractivity contribution in [1.82, 2.24) is 0 Å². The van der Waals surface area contributed by atoms with Crippen LogP contribution in [0.4, 0.5) is 0 Å². The topological polar surface area (TPSA) is 110 Å². The summed E-state index contributed by atoms with van der Waals surface area (Å²) in [4.78, 5) is 0. The number of rotatable bonds is 1. The van der Waals surface area contributed by atoms with Crippen molar-refractivity contribution in [2.24, 2.45) is 0 Å². The summed E-state index contributed by atoms with van der Waals surface area (Å²) in [5.74, 6) is -0.589. The quantitative estimate of drug-likeness (QED) is 0.399. The van der Waals surface area contributed by atoms with Gasteiger partial charge in [0.25, 0.3) is 0 Å². The van der Waals surface area contributed by atoms with Crippen LogP contribution in [-0.2, 0) is 6.42 Å². The second-order valence-electron chi connectivity index (χ2n) is 5.00. The van der Waals surface area contributed by atoms with Crippen LogP contribution in [0.2, 0.25) is 0 Å². The van der Waals surface area contributed by atoms with Crippen molar-refractivity contribution in [3.8, 4) is 28.7 Å². The van der Waals surface area contributed by atoms with Gasteiger partial charge in [-0.15, -0.1) is 0 Å². The molecule has 0 bridgehead atoms. The van der Waals surface area contributed by atoms with E-state index >= 15 is 0 Å². The minimum absolute atomic E-state index is 0. The Hall–Kier alpha value is -1.34. The molecule has 0 aromatic heterocycles. The number of benzene rings is 2. The number of fused-ring (bicyclic) bond motifs is 1. The molecule has 0 radical (unpaired) electrons. The van der Waals surface area contributed by atoms with Gasteiger partial charge in [-0.3, -0.25) is 0 Å². The predicted octanol–water partition coefficient (Wildman–Crippen LogP) is 1.39. The molecule has 1 aliphatic heterocycles. The molecule has 3 rings (SSSR count). The van der Waals surface area contributed by atoms with Gasteiger partial charge in [-0.05, 0) is 17.7 Å². The Labute approximate surface area is 159 Å². The molecule has 0 amide bonds. The molecule has 0 fully saturated rings. The summed E-state index contributed by atoms with van der Waals surface area (Å²) >= 11 is 0. The number of phenols is 4. The van der Waals surface area contributed by atoms with Crippen LogP contribution in [0.3, 0.4) is 0 Å². The fraction of sp³-hybridized carbons (Fsp3) is 0.200. The number of aromatic hydroxyl groups is 4. The van der Waals surface area contributed by atoms with Gasteiger partial charge in [0.2, 0.25) is 0 Å². The number of phenolic OH excluding ortho intramolecular Hbond substituents is 4. The molecule has 0 unspecified atom stereocenters. The van der Waals surface area contributed by atoms with E-state index in [-0.39, 0.29) is 75.8 Å². The van der Waals surface area contributed by atoms with Crippen molar-refractivity contribution in [3.63, 3.8) is 0 Å². The van der Waals surface area contributed by atoms with Crippen LogP contribution in [0.5, 0.6) is 28.7 Å². The van der Waals surface area contributed by atoms with E-state index in [1.807, 2.05) is 0 Å². The Kier molecular flexibility index (Phi) is 4.96. The van der Waals surface area contributed by atoms with E-state index in [4.69, 9.17) is 4.74 Å². The molecular formula is C15H16CaO6. The molecule has 22 heavy (non-hydrogen) atoms. The zero-order chi connectivity index (χ0) is 15.1. The van der Waals surface area contributed by atoms with Gasteiger partial charge in [0.15, 0.2) is 11.5 Å². The molecule has 1 heterocycles. The van der Waals surface area contributed by atoms with Crippen LogP contribution in [0.15, 0.2) is 30.3 Å². The zero-order valence-corrected chi connectivity index (χ0v) is 13.8. The maximum atomic E-state index is 10.2. The number of aliphatic hydroxyl groups is 1. The Morgan fingerprint density at radius 3 is 2.36 bits per heavy atom. The summed E-state index contributed by atoms with van der Waals surface area (Å²) in [5, 5.41) is 48.3. The second-order valence-corrected chi connectivity index (χ2v) is 5.00. The SMILES string of the molecule is Oc1cc(O)c2c(c1)O[C@H](c1ccc(O)c(O)c1)[C@H](O)C2.[Ca+2].[H-].[H-]. The first-order valence-electron chi connectivity index (χ1n) is 6.37. The van der Waals surface area contributed by atoms with Crippen molar-refractivity contribution in [2.75, 3.05) is 0 Å². The third-order valence-corrected chi connectivity index (χ3v) is 3.51. The average Bonchev–Trinajstić information content (AvgIpc) is 2.42. The van der Waals surface area contributed by atoms with E-state index in [2.05, 4.69) is 0 Å². The summed E-state index contributed by atoms with van der Waals surface area (Å²) in [5.41, 5.74) is 0.894. The Morgan fingerprint density at radius 2 is 1.68 bits per heavy atom. The van der Waals surface area contributed by atoms with Gasteiger partial charge in [0, 0.05) is 24.1 Å². The molecule has 5 N–H and O–H groups in total. The van der Waals surface area contributed by atoms with E-state index in [1.54, 1.807) is 0 Å². The fourth-order valence-corrected chi connectivity index (χ4v) is 2.47. The molecule has 2 atom stereocenters. The number of aliphatic hydroxyl groups excluding tert-OH is 1. The third-order valence-electron chi connectivity index (χ3n) is 3.51. The minimum Gasteiger partial charge on any atom is -1.00 e. The molecule has 0 spiro atoms. The molecule has 6 nitrogen and oxygen atoms in total. The zero-order valence-electron chi connectivity index (χ0n) is 13.6. The first kappa shape index (κ1) is 17.0. The minimum atomic E-state index is -0.933. The van der Waals surface area contributed by atoms with E-state index < -0.39 is 12.2 Å². The van der Waals surface area contributed by atoms with Crippen LogP contribution in [0.1, 0.15) is 20.1 Å². The molecular weight excluding hydrogens is 316 g/mol. The maximum Gasteiger partial charge on any atom is 2.00 e. The van der Waals surface area contributed by atoms with Crippen LogP contribution in [0, 0.1) is 0 Å². The van der Waals surface area contributed by atoms with Gasteiger partial charge in [-0.2, -0.15) is 0 Å². The van der Waals surface area contributed by atoms with Gasteiger partial charge >= 0.3 is 37.7 Å². The van der Waals surface area contributed by atoms with Crippen molar-refractivity contribution in [3.05, 3.63) is 41.5 Å². The van der Waals surface area contributed by atoms with Gasteiger partial charge in [0.05, 0.1) is 6.10 Å². The molecule has 0 aliphatic carbocycles. The number of ether oxygens (including phenoxy) is 1. The molecule has 7 heteroatoms. The van der Waals surface area contributed by atoms with Crippen LogP contribution in [-0.4, -0.2) is 69.4 Å². The molecule has 114 valence electrons. The average molecular weight is 332 g/mol. The maximum absolute atomic E-state index is 10.2. The third kappa shape index (κ3) is 3.05. The first-order chi connectivity index (χ1) is 9.95. The summed E-state index contributed by atoms with van der Waals surface area (Å²) in [6.07, 6.45) is -1.56. The normalized spacial score (nSPS) is 19.7. The van der Waals surface area contributed by atoms with Gasteiger partial charge in [-0.25, -0.2) is 0 Å². The van der Waals surface area contributed by atoms with E-state index in [9.17, 15) is 25.5 Å². The van der Waals surface area contributed by atoms with Crippen LogP contribution >= 0.6 is 0 Å². The Bertz CT molecular complexity index is 713. The summed E-state index contributed by atoms with van der Waals surface area (Å²) < 4.78 is 5.62. The molecule has 0 saturated heterocycles. The Balaban J connectivity index is 0.00000176. The second kappa shape index (κ2) is 6.42. The molecule has 2 aromatic rings. The monoisotopic (exact) mass is 332 g/mol. The van der Waals surface area contributed by atoms with Crippen molar-refractivity contribution >= 4 is 37.7 Å². The van der Waals surface area contributed by atoms with Crippen molar-refractivity contribution in [1.29, 1.82) is 0 Å². The summed E-state index contributed by atoms with van der Waals surface area (Å²) in [6, 6.07) is 6.67. The molecule has 1 aliphatic rings. The first-order valence-corrected chi connectivity index (χ1v) is 6.37. The summed E-state index contributed by atoms with van der Waals surface area (Å²) in [7, 11) is 0. The van der Waals surface area contributed by atoms with Gasteiger partial charge in [0.1, 0.15) is 23.4 Å². The van der Waals surface area contributed by atoms with Crippen molar-refractivity contribution in [2.45, 2.75) is 18.6 Å². The van der Waals surface area contributed by atoms with E-state index in [0.29, 0.717) is 11.1 Å². The summed E-state index contributed by atoms with van der Waals surface area (Å²) in [6.45, 7) is 0. The predicted molar refractivity (Wildman–Crippen MR) is 80.6 cm³/mol. The van der Waals surface area contributed by atoms with Gasteiger partial charge in [-0.1, -0.05) is 6.07 Å². The van der Waals surface area contributed by atoms with Crippen LogP contribution in [0.25, 0.3) is 0 Å². The standard InChI is InChI=1S/C15H14O6.Ca.2H/c16-8-4-11(18)9-6-13(20)15(21-14(9)5-8)7-1-2-10(17)12(19)3-7;;;/h1-5,13,15-20H,6H2;;;/q;+2;2*-1/t13-,15-;;;/m1.../s1. The van der Waals surface area contributed by atoms with E-state index in [1.165, 1.54) is 30.3 Å². The number of hydrogen-bond donors (Lipinski definition) is 5. The Morgan fingerprint density at radius 1 is 0.955 bits per heavy atom.